The zero-order valence-corrected chi connectivity index (χ0v) is 11.3. The van der Waals surface area contributed by atoms with Crippen LogP contribution in [0.2, 0.25) is 0 Å². The third-order valence-corrected chi connectivity index (χ3v) is 3.56. The van der Waals surface area contributed by atoms with Gasteiger partial charge in [0.1, 0.15) is 0 Å². The van der Waals surface area contributed by atoms with Gasteiger partial charge in [0.05, 0.1) is 5.00 Å². The number of anilines is 2. The van der Waals surface area contributed by atoms with Crippen LogP contribution in [0.1, 0.15) is 18.2 Å². The van der Waals surface area contributed by atoms with Gasteiger partial charge >= 0.3 is 0 Å². The lowest BCUT2D eigenvalue weighted by Crippen LogP contribution is -2.08. The van der Waals surface area contributed by atoms with E-state index in [4.69, 9.17) is 5.73 Å². The number of hydrogen-bond donors (Lipinski definition) is 2. The molecule has 0 unspecified atom stereocenters. The first-order chi connectivity index (χ1) is 8.60. The van der Waals surface area contributed by atoms with Gasteiger partial charge in [0.15, 0.2) is 0 Å². The maximum absolute atomic E-state index is 11.3. The molecule has 2 aromatic rings. The highest BCUT2D eigenvalue weighted by molar-refractivity contribution is 7.16. The number of amides is 1. The summed E-state index contributed by atoms with van der Waals surface area (Å²) in [5, 5.41) is 3.65. The van der Waals surface area contributed by atoms with Gasteiger partial charge in [-0.15, -0.1) is 11.3 Å². The number of nitrogens with one attached hydrogen (secondary N) is 1. The Hall–Kier alpha value is -1.81. The molecule has 0 saturated carbocycles. The third-order valence-electron chi connectivity index (χ3n) is 2.68. The fourth-order valence-corrected chi connectivity index (χ4v) is 2.55. The number of carbonyl (C=O) groups excluding carboxylic acids is 1. The molecule has 0 fully saturated rings. The van der Waals surface area contributed by atoms with Crippen LogP contribution in [0.15, 0.2) is 30.3 Å². The van der Waals surface area contributed by atoms with Crippen LogP contribution in [0, 0.1) is 6.92 Å². The molecule has 3 nitrogen and oxygen atoms in total. The van der Waals surface area contributed by atoms with Gasteiger partial charge in [-0.3, -0.25) is 4.79 Å². The Bertz CT molecular complexity index is 558. The van der Waals surface area contributed by atoms with Crippen molar-refractivity contribution in [2.45, 2.75) is 20.3 Å². The second-order valence-electron chi connectivity index (χ2n) is 4.11. The van der Waals surface area contributed by atoms with Gasteiger partial charge in [-0.05, 0) is 30.7 Å². The molecular formula is C14H16N2OS. The SMILES string of the molecule is CCC(=O)Nc1ccc(-c2cc(C)sc2N)cc1. The molecule has 94 valence electrons. The van der Waals surface area contributed by atoms with Gasteiger partial charge in [-0.1, -0.05) is 19.1 Å². The van der Waals surface area contributed by atoms with Crippen LogP contribution in [-0.4, -0.2) is 5.91 Å². The molecule has 0 saturated heterocycles. The Balaban J connectivity index is 2.22. The summed E-state index contributed by atoms with van der Waals surface area (Å²) in [6, 6.07) is 9.83. The summed E-state index contributed by atoms with van der Waals surface area (Å²) in [7, 11) is 0. The lowest BCUT2D eigenvalue weighted by atomic mass is 10.1. The van der Waals surface area contributed by atoms with E-state index in [-0.39, 0.29) is 5.91 Å². The van der Waals surface area contributed by atoms with Crippen LogP contribution in [0.5, 0.6) is 0 Å². The van der Waals surface area contributed by atoms with Crippen molar-refractivity contribution < 1.29 is 4.79 Å². The van der Waals surface area contributed by atoms with Crippen LogP contribution in [0.25, 0.3) is 11.1 Å². The molecule has 18 heavy (non-hydrogen) atoms. The molecule has 3 N–H and O–H groups in total. The molecule has 0 aliphatic carbocycles. The van der Waals surface area contributed by atoms with Crippen LogP contribution in [0.4, 0.5) is 10.7 Å². The summed E-state index contributed by atoms with van der Waals surface area (Å²) in [5.41, 5.74) is 8.91. The fraction of sp³-hybridized carbons (Fsp3) is 0.214. The Morgan fingerprint density at radius 2 is 2.00 bits per heavy atom. The Labute approximate surface area is 111 Å². The smallest absolute Gasteiger partial charge is 0.224 e. The monoisotopic (exact) mass is 260 g/mol. The standard InChI is InChI=1S/C14H16N2OS/c1-3-13(17)16-11-6-4-10(5-7-11)12-8-9(2)18-14(12)15/h4-8H,3,15H2,1-2H3,(H,16,17). The van der Waals surface area contributed by atoms with Crippen molar-refractivity contribution in [3.05, 3.63) is 35.2 Å². The molecule has 0 spiro atoms. The lowest BCUT2D eigenvalue weighted by molar-refractivity contribution is -0.115. The number of hydrogen-bond acceptors (Lipinski definition) is 3. The van der Waals surface area contributed by atoms with Crippen molar-refractivity contribution in [1.29, 1.82) is 0 Å². The summed E-state index contributed by atoms with van der Waals surface area (Å²) < 4.78 is 0. The molecule has 0 atom stereocenters. The van der Waals surface area contributed by atoms with Crippen molar-refractivity contribution >= 4 is 27.9 Å². The van der Waals surface area contributed by atoms with E-state index < -0.39 is 0 Å². The molecule has 0 radical (unpaired) electrons. The molecule has 0 aliphatic heterocycles. The minimum Gasteiger partial charge on any atom is -0.390 e. The third kappa shape index (κ3) is 2.71. The predicted octanol–water partition coefficient (Wildman–Crippen LogP) is 3.65. The molecule has 1 aromatic heterocycles. The van der Waals surface area contributed by atoms with Crippen LogP contribution >= 0.6 is 11.3 Å². The highest BCUT2D eigenvalue weighted by atomic mass is 32.1. The van der Waals surface area contributed by atoms with Gasteiger partial charge in [0.25, 0.3) is 0 Å². The second-order valence-corrected chi connectivity index (χ2v) is 5.40. The van der Waals surface area contributed by atoms with Crippen LogP contribution < -0.4 is 11.1 Å². The minimum atomic E-state index is 0.0219. The van der Waals surface area contributed by atoms with E-state index in [1.165, 1.54) is 4.88 Å². The van der Waals surface area contributed by atoms with E-state index in [2.05, 4.69) is 11.4 Å². The van der Waals surface area contributed by atoms with Crippen LogP contribution in [-0.2, 0) is 4.79 Å². The first kappa shape index (κ1) is 12.6. The Kier molecular flexibility index (Phi) is 3.67. The number of thiophene rings is 1. The van der Waals surface area contributed by atoms with Gasteiger partial charge in [0.2, 0.25) is 5.91 Å². The average molecular weight is 260 g/mol. The number of nitrogen functional groups attached to an aromatic ring is 1. The lowest BCUT2D eigenvalue weighted by Gasteiger charge is -2.05. The number of carbonyl (C=O) groups is 1. The first-order valence-electron chi connectivity index (χ1n) is 5.86. The molecule has 2 rings (SSSR count). The van der Waals surface area contributed by atoms with Gasteiger partial charge in [-0.2, -0.15) is 0 Å². The van der Waals surface area contributed by atoms with E-state index in [1.54, 1.807) is 11.3 Å². The van der Waals surface area contributed by atoms with Crippen molar-refractivity contribution in [1.82, 2.24) is 0 Å². The minimum absolute atomic E-state index is 0.0219. The summed E-state index contributed by atoms with van der Waals surface area (Å²) in [6.07, 6.45) is 0.485. The van der Waals surface area contributed by atoms with Gasteiger partial charge in [-0.25, -0.2) is 0 Å². The van der Waals surface area contributed by atoms with Crippen LogP contribution in [0.3, 0.4) is 0 Å². The number of nitrogens with two attached hydrogens (primary N) is 1. The summed E-state index contributed by atoms with van der Waals surface area (Å²) in [4.78, 5) is 12.5. The van der Waals surface area contributed by atoms with E-state index in [1.807, 2.05) is 38.1 Å². The van der Waals surface area contributed by atoms with Crippen molar-refractivity contribution in [3.63, 3.8) is 0 Å². The topological polar surface area (TPSA) is 55.1 Å². The largest absolute Gasteiger partial charge is 0.390 e. The maximum atomic E-state index is 11.3. The molecule has 0 aliphatic rings. The zero-order chi connectivity index (χ0) is 13.1. The second kappa shape index (κ2) is 5.23. The Morgan fingerprint density at radius 3 is 2.50 bits per heavy atom. The van der Waals surface area contributed by atoms with E-state index >= 15 is 0 Å². The predicted molar refractivity (Wildman–Crippen MR) is 77.8 cm³/mol. The summed E-state index contributed by atoms with van der Waals surface area (Å²) >= 11 is 1.59. The van der Waals surface area contributed by atoms with Crippen molar-refractivity contribution in [2.75, 3.05) is 11.1 Å². The molecule has 0 bridgehead atoms. The average Bonchev–Trinajstić information content (AvgIpc) is 2.69. The number of aryl methyl sites for hydroxylation is 1. The fourth-order valence-electron chi connectivity index (χ4n) is 1.74. The van der Waals surface area contributed by atoms with Gasteiger partial charge < -0.3 is 11.1 Å². The molecule has 1 heterocycles. The van der Waals surface area contributed by atoms with E-state index in [0.29, 0.717) is 6.42 Å². The zero-order valence-electron chi connectivity index (χ0n) is 10.5. The summed E-state index contributed by atoms with van der Waals surface area (Å²) in [5.74, 6) is 0.0219. The van der Waals surface area contributed by atoms with Gasteiger partial charge in [0, 0.05) is 22.5 Å². The molecule has 1 aromatic carbocycles. The number of rotatable bonds is 3. The molecule has 1 amide bonds. The van der Waals surface area contributed by atoms with E-state index in [9.17, 15) is 4.79 Å². The Morgan fingerprint density at radius 1 is 1.33 bits per heavy atom. The quantitative estimate of drug-likeness (QED) is 0.885. The number of benzene rings is 1. The summed E-state index contributed by atoms with van der Waals surface area (Å²) in [6.45, 7) is 3.87. The normalized spacial score (nSPS) is 10.3. The molecular weight excluding hydrogens is 244 g/mol. The molecule has 4 heteroatoms. The maximum Gasteiger partial charge on any atom is 0.224 e. The highest BCUT2D eigenvalue weighted by Crippen LogP contribution is 2.33. The first-order valence-corrected chi connectivity index (χ1v) is 6.68. The van der Waals surface area contributed by atoms with Crippen molar-refractivity contribution in [3.8, 4) is 11.1 Å². The highest BCUT2D eigenvalue weighted by Gasteiger charge is 2.06. The van der Waals surface area contributed by atoms with Crippen molar-refractivity contribution in [2.24, 2.45) is 0 Å². The van der Waals surface area contributed by atoms with E-state index in [0.717, 1.165) is 21.8 Å².